The van der Waals surface area contributed by atoms with Gasteiger partial charge in [0.25, 0.3) is 0 Å². The summed E-state index contributed by atoms with van der Waals surface area (Å²) >= 11 is -1.99. The second-order valence-electron chi connectivity index (χ2n) is 7.44. The fourth-order valence-electron chi connectivity index (χ4n) is 2.99. The molecular formula is C15H33ClCrPSi. The summed E-state index contributed by atoms with van der Waals surface area (Å²) in [5.74, 6) is 10.2. The minimum atomic E-state index is -1.99. The SMILES string of the molecule is CCP(CC)[Si](C)(C)C1=[C]([Cr]([CH3])([CH3])([CH3])[CH3])CC=C1.Cl. The van der Waals surface area contributed by atoms with Crippen molar-refractivity contribution in [3.63, 3.8) is 0 Å². The molecule has 1 aliphatic carbocycles. The maximum Gasteiger partial charge on any atom is -0.147 e. The van der Waals surface area contributed by atoms with Gasteiger partial charge in [0.2, 0.25) is 0 Å². The van der Waals surface area contributed by atoms with Gasteiger partial charge in [-0.1, -0.05) is 0 Å². The van der Waals surface area contributed by atoms with Crippen molar-refractivity contribution < 1.29 is 12.0 Å². The van der Waals surface area contributed by atoms with Crippen LogP contribution in [-0.2, 0) is 12.0 Å². The largest absolute Gasteiger partial charge is 0.147 e. The summed E-state index contributed by atoms with van der Waals surface area (Å²) in [7, 11) is -0.971. The molecule has 0 bridgehead atoms. The topological polar surface area (TPSA) is 0 Å². The van der Waals surface area contributed by atoms with Gasteiger partial charge in [-0.3, -0.25) is 0 Å². The Kier molecular flexibility index (Phi) is 6.69. The standard InChI is InChI=1S/C11H20PSi.4CH3.ClH.Cr/c1-5-12(6-2)13(3,4)11-9-7-8-10-11;;;;;;/h7,9H,5-6,8H2,1-4H3;4*1H3;1H;. The first-order chi connectivity index (χ1) is 8.00. The fraction of sp³-hybridized carbons (Fsp3) is 0.733. The maximum absolute atomic E-state index is 2.63. The first kappa shape index (κ1) is 19.9. The van der Waals surface area contributed by atoms with Crippen molar-refractivity contribution in [3.8, 4) is 0 Å². The molecule has 19 heavy (non-hydrogen) atoms. The van der Waals surface area contributed by atoms with Crippen LogP contribution in [0, 0.1) is 0 Å². The molecule has 1 rings (SSSR count). The predicted molar refractivity (Wildman–Crippen MR) is 97.0 cm³/mol. The van der Waals surface area contributed by atoms with Crippen LogP contribution in [-0.4, -0.2) is 20.1 Å². The Hall–Kier alpha value is 0.949. The minimum absolute atomic E-state index is 0. The van der Waals surface area contributed by atoms with E-state index in [0.717, 1.165) is 0 Å². The molecule has 0 fully saturated rings. The average molecular weight is 360 g/mol. The molecule has 0 saturated heterocycles. The van der Waals surface area contributed by atoms with Gasteiger partial charge in [-0.05, 0) is 0 Å². The minimum Gasteiger partial charge on any atom is -0.147 e. The van der Waals surface area contributed by atoms with Gasteiger partial charge in [0, 0.05) is 0 Å². The molecule has 0 aromatic rings. The molecule has 4 heteroatoms. The van der Waals surface area contributed by atoms with E-state index >= 15 is 0 Å². The maximum atomic E-state index is 2.63. The Morgan fingerprint density at radius 3 is 1.95 bits per heavy atom. The number of hydrogen-bond donors (Lipinski definition) is 0. The average Bonchev–Trinajstić information content (AvgIpc) is 2.66. The molecule has 115 valence electrons. The van der Waals surface area contributed by atoms with Crippen LogP contribution in [0.4, 0.5) is 0 Å². The number of allylic oxidation sites excluding steroid dienone is 4. The summed E-state index contributed by atoms with van der Waals surface area (Å²) in [4.78, 5) is 0. The third-order valence-electron chi connectivity index (χ3n) is 4.09. The zero-order valence-corrected chi connectivity index (χ0v) is 18.0. The Morgan fingerprint density at radius 2 is 1.58 bits per heavy atom. The molecule has 0 heterocycles. The van der Waals surface area contributed by atoms with Gasteiger partial charge >= 0.3 is 118 Å². The van der Waals surface area contributed by atoms with E-state index in [2.05, 4.69) is 62.2 Å². The molecule has 0 amide bonds. The van der Waals surface area contributed by atoms with Gasteiger partial charge in [0.1, 0.15) is 0 Å². The van der Waals surface area contributed by atoms with Crippen molar-refractivity contribution >= 4 is 27.6 Å². The van der Waals surface area contributed by atoms with Crippen LogP contribution in [0.25, 0.3) is 0 Å². The molecule has 0 unspecified atom stereocenters. The van der Waals surface area contributed by atoms with Crippen molar-refractivity contribution in [2.45, 2.75) is 56.5 Å². The van der Waals surface area contributed by atoms with E-state index in [4.69, 9.17) is 0 Å². The van der Waals surface area contributed by atoms with Crippen molar-refractivity contribution in [3.05, 3.63) is 21.8 Å². The van der Waals surface area contributed by atoms with Gasteiger partial charge in [0.05, 0.1) is 0 Å². The third-order valence-corrected chi connectivity index (χ3v) is 20.3. The van der Waals surface area contributed by atoms with Crippen molar-refractivity contribution in [2.75, 3.05) is 12.3 Å². The summed E-state index contributed by atoms with van der Waals surface area (Å²) in [5.41, 5.74) is 0. The molecular weight excluding hydrogens is 327 g/mol. The fourth-order valence-corrected chi connectivity index (χ4v) is 19.0. The molecule has 0 aliphatic heterocycles. The zero-order valence-electron chi connectivity index (χ0n) is 14.0. The van der Waals surface area contributed by atoms with Crippen molar-refractivity contribution in [1.29, 1.82) is 0 Å². The van der Waals surface area contributed by atoms with E-state index in [1.54, 1.807) is 0 Å². The predicted octanol–water partition coefficient (Wildman–Crippen LogP) is 6.77. The Labute approximate surface area is 130 Å². The van der Waals surface area contributed by atoms with Crippen molar-refractivity contribution in [2.24, 2.45) is 0 Å². The van der Waals surface area contributed by atoms with Gasteiger partial charge in [-0.2, -0.15) is 0 Å². The van der Waals surface area contributed by atoms with Gasteiger partial charge < -0.3 is 0 Å². The molecule has 0 atom stereocenters. The van der Waals surface area contributed by atoms with Crippen LogP contribution in [0.5, 0.6) is 0 Å². The second kappa shape index (κ2) is 6.37. The molecule has 0 saturated carbocycles. The van der Waals surface area contributed by atoms with Crippen LogP contribution in [0.1, 0.15) is 20.3 Å². The van der Waals surface area contributed by atoms with Crippen LogP contribution in [0.15, 0.2) is 21.8 Å². The Morgan fingerprint density at radius 1 is 1.11 bits per heavy atom. The monoisotopic (exact) mass is 359 g/mol. The number of hydrogen-bond acceptors (Lipinski definition) is 0. The summed E-state index contributed by atoms with van der Waals surface area (Å²) in [5, 5.41) is 1.84. The van der Waals surface area contributed by atoms with Gasteiger partial charge in [0.15, 0.2) is 0 Å². The Balaban J connectivity index is 0.00000324. The zero-order chi connectivity index (χ0) is 14.2. The van der Waals surface area contributed by atoms with E-state index in [1.807, 2.05) is 9.63 Å². The summed E-state index contributed by atoms with van der Waals surface area (Å²) in [6.45, 7) is 10.1. The van der Waals surface area contributed by atoms with Gasteiger partial charge in [-0.15, -0.1) is 12.4 Å². The first-order valence-corrected chi connectivity index (χ1v) is 18.3. The number of rotatable bonds is 5. The molecule has 0 spiro atoms. The van der Waals surface area contributed by atoms with Crippen LogP contribution in [0.3, 0.4) is 0 Å². The Bertz CT molecular complexity index is 377. The molecule has 0 nitrogen and oxygen atoms in total. The van der Waals surface area contributed by atoms with E-state index in [0.29, 0.717) is 0 Å². The molecule has 0 radical (unpaired) electrons. The third kappa shape index (κ3) is 4.46. The molecule has 1 aliphatic rings. The van der Waals surface area contributed by atoms with Crippen molar-refractivity contribution in [1.82, 2.24) is 0 Å². The van der Waals surface area contributed by atoms with Crippen LogP contribution in [0.2, 0.25) is 36.2 Å². The summed E-state index contributed by atoms with van der Waals surface area (Å²) in [6.07, 6.45) is 9.03. The van der Waals surface area contributed by atoms with E-state index in [1.165, 1.54) is 18.7 Å². The molecule has 0 aromatic heterocycles. The van der Waals surface area contributed by atoms with E-state index in [-0.39, 0.29) is 19.9 Å². The van der Waals surface area contributed by atoms with Crippen LogP contribution >= 0.6 is 19.9 Å². The molecule has 0 N–H and O–H groups in total. The molecule has 0 aromatic carbocycles. The smallest absolute Gasteiger partial charge is 0.147 e. The van der Waals surface area contributed by atoms with Crippen LogP contribution < -0.4 is 0 Å². The summed E-state index contributed by atoms with van der Waals surface area (Å²) < 4.78 is 1.88. The normalized spacial score (nSPS) is 18.5. The summed E-state index contributed by atoms with van der Waals surface area (Å²) in [6, 6.07) is 0. The van der Waals surface area contributed by atoms with Gasteiger partial charge in [-0.25, -0.2) is 0 Å². The quantitative estimate of drug-likeness (QED) is 0.375. The first-order valence-electron chi connectivity index (χ1n) is 6.99. The van der Waals surface area contributed by atoms with E-state index in [9.17, 15) is 0 Å². The van der Waals surface area contributed by atoms with E-state index < -0.39 is 19.7 Å². The second-order valence-corrected chi connectivity index (χ2v) is 29.7. The number of halogens is 1.